The molecule has 480 valence electrons. The number of likely N-dealkylation sites (N-methyl/N-ethyl adjacent to an activating group) is 1. The number of rotatable bonds is 23. The Labute approximate surface area is 496 Å². The van der Waals surface area contributed by atoms with Crippen LogP contribution in [-0.2, 0) is 73.3 Å². The summed E-state index contributed by atoms with van der Waals surface area (Å²) in [7, 11) is 4.88. The number of alkyl halides is 1. The first-order valence-electron chi connectivity index (χ1n) is 29.6. The number of benzene rings is 1. The van der Waals surface area contributed by atoms with E-state index in [2.05, 4.69) is 15.5 Å². The molecule has 1 unspecified atom stereocenters. The summed E-state index contributed by atoms with van der Waals surface area (Å²) >= 11 is 0. The van der Waals surface area contributed by atoms with Gasteiger partial charge in [0, 0.05) is 77.8 Å². The number of aliphatic hydroxyl groups is 4. The maximum Gasteiger partial charge on any atom is 0.311 e. The molecule has 0 amide bonds. The Morgan fingerprint density at radius 3 is 2.23 bits per heavy atom. The molecule has 6 rings (SSSR count). The van der Waals surface area contributed by atoms with Gasteiger partial charge in [-0.05, 0) is 91.3 Å². The highest BCUT2D eigenvalue weighted by Crippen LogP contribution is 2.43. The number of methoxy groups -OCH3 is 4. The third-order valence-corrected chi connectivity index (χ3v) is 20.1. The van der Waals surface area contributed by atoms with Gasteiger partial charge in [-0.2, -0.15) is 0 Å². The fraction of sp³-hybridized carbons (Fsp3) is 0.831. The minimum Gasteiger partial charge on any atom is -0.459 e. The number of cyclic esters (lactones) is 1. The van der Waals surface area contributed by atoms with Crippen molar-refractivity contribution >= 4 is 21.5 Å². The Balaban J connectivity index is 1.31. The van der Waals surface area contributed by atoms with Crippen molar-refractivity contribution in [2.75, 3.05) is 80.2 Å². The normalized spacial score (nSPS) is 38.5. The van der Waals surface area contributed by atoms with Gasteiger partial charge in [0.2, 0.25) is 6.79 Å². The van der Waals surface area contributed by atoms with Crippen LogP contribution < -0.4 is 0 Å². The molecule has 23 nitrogen and oxygen atoms in total. The fourth-order valence-corrected chi connectivity index (χ4v) is 14.7. The summed E-state index contributed by atoms with van der Waals surface area (Å²) in [6.07, 6.45) is -8.07. The molecule has 1 aromatic carbocycles. The van der Waals surface area contributed by atoms with Crippen LogP contribution in [0.15, 0.2) is 35.6 Å². The molecule has 0 bridgehead atoms. The van der Waals surface area contributed by atoms with E-state index in [1.807, 2.05) is 63.9 Å². The van der Waals surface area contributed by atoms with Gasteiger partial charge in [-0.15, -0.1) is 5.10 Å². The van der Waals surface area contributed by atoms with Crippen molar-refractivity contribution in [3.05, 3.63) is 47.3 Å². The summed E-state index contributed by atoms with van der Waals surface area (Å²) in [5, 5.41) is 61.4. The Morgan fingerprint density at radius 1 is 0.929 bits per heavy atom. The Kier molecular flexibility index (Phi) is 25.1. The molecule has 84 heavy (non-hydrogen) atoms. The third-order valence-electron chi connectivity index (χ3n) is 18.3. The number of hydrogen-bond acceptors (Lipinski definition) is 22. The lowest BCUT2D eigenvalue weighted by molar-refractivity contribution is -0.319. The maximum atomic E-state index is 15.0. The number of carbonyl (C=O) groups excluding carboxylic acids is 1. The van der Waals surface area contributed by atoms with Crippen LogP contribution in [-0.4, -0.2) is 225 Å². The lowest BCUT2D eigenvalue weighted by atomic mass is 9.73. The molecule has 21 atom stereocenters. The highest BCUT2D eigenvalue weighted by Gasteiger charge is 2.54. The van der Waals surface area contributed by atoms with Crippen molar-refractivity contribution in [3.8, 4) is 0 Å². The average molecular weight is 1220 g/mol. The molecular formula is C59H98FN5O18S. The second kappa shape index (κ2) is 30.2. The van der Waals surface area contributed by atoms with Crippen LogP contribution >= 0.6 is 0 Å². The molecule has 2 aromatic rings. The maximum absolute atomic E-state index is 15.0. The number of aromatic nitrogens is 3. The van der Waals surface area contributed by atoms with Gasteiger partial charge in [-0.3, -0.25) is 4.79 Å². The first-order chi connectivity index (χ1) is 39.6. The second-order valence-corrected chi connectivity index (χ2v) is 26.7. The number of esters is 1. The highest BCUT2D eigenvalue weighted by molar-refractivity contribution is 7.91. The average Bonchev–Trinajstić information content (AvgIpc) is 3.80. The number of halogens is 1. The van der Waals surface area contributed by atoms with Crippen molar-refractivity contribution in [2.45, 2.75) is 210 Å². The number of ether oxygens (including phenoxy) is 10. The first-order valence-corrected chi connectivity index (χ1v) is 31.4. The molecular weight excluding hydrogens is 1120 g/mol. The van der Waals surface area contributed by atoms with Gasteiger partial charge in [-0.1, -0.05) is 62.3 Å². The molecule has 4 N–H and O–H groups in total. The molecule has 0 aliphatic carbocycles. The first kappa shape index (κ1) is 69.7. The van der Waals surface area contributed by atoms with E-state index in [4.69, 9.17) is 52.2 Å². The van der Waals surface area contributed by atoms with E-state index in [1.54, 1.807) is 47.9 Å². The largest absolute Gasteiger partial charge is 0.459 e. The van der Waals surface area contributed by atoms with Crippen LogP contribution in [0.5, 0.6) is 0 Å². The zero-order chi connectivity index (χ0) is 62.1. The minimum atomic E-state index is -3.07. The number of nitrogens with zero attached hydrogens (tertiary/aromatic N) is 5. The van der Waals surface area contributed by atoms with Gasteiger partial charge < -0.3 is 77.5 Å². The molecule has 5 heterocycles. The lowest BCUT2D eigenvalue weighted by Gasteiger charge is -2.50. The molecule has 4 saturated heterocycles. The summed E-state index contributed by atoms with van der Waals surface area (Å²) < 4.78 is 103. The Hall–Kier alpha value is -3.38. The van der Waals surface area contributed by atoms with E-state index in [9.17, 15) is 33.6 Å². The summed E-state index contributed by atoms with van der Waals surface area (Å²) in [5.74, 6) is -3.95. The minimum absolute atomic E-state index is 0.0686. The van der Waals surface area contributed by atoms with E-state index < -0.39 is 143 Å². The van der Waals surface area contributed by atoms with E-state index in [-0.39, 0.29) is 50.1 Å². The number of aliphatic hydroxyl groups excluding tert-OH is 3. The van der Waals surface area contributed by atoms with E-state index in [1.165, 1.54) is 32.9 Å². The van der Waals surface area contributed by atoms with E-state index in [0.717, 1.165) is 5.56 Å². The van der Waals surface area contributed by atoms with Crippen LogP contribution in [0, 0.1) is 23.7 Å². The van der Waals surface area contributed by atoms with Crippen molar-refractivity contribution in [1.29, 1.82) is 0 Å². The molecule has 4 fully saturated rings. The number of oxime groups is 1. The number of carbonyl (C=O) groups is 1. The fourth-order valence-electron chi connectivity index (χ4n) is 12.9. The van der Waals surface area contributed by atoms with Gasteiger partial charge in [0.05, 0.1) is 83.8 Å². The summed E-state index contributed by atoms with van der Waals surface area (Å²) in [5.41, 5.74) is -1.92. The van der Waals surface area contributed by atoms with Crippen LogP contribution in [0.1, 0.15) is 136 Å². The summed E-state index contributed by atoms with van der Waals surface area (Å²) in [6, 6.07) is 6.05. The highest BCUT2D eigenvalue weighted by atomic mass is 32.2. The quantitative estimate of drug-likeness (QED) is 0.0500. The number of sulfone groups is 1. The molecule has 0 radical (unpaired) electrons. The van der Waals surface area contributed by atoms with Gasteiger partial charge in [-0.25, -0.2) is 17.5 Å². The summed E-state index contributed by atoms with van der Waals surface area (Å²) in [4.78, 5) is 22.5. The molecule has 4 aliphatic rings. The van der Waals surface area contributed by atoms with E-state index >= 15 is 4.39 Å². The molecule has 4 aliphatic heterocycles. The molecule has 1 aromatic heterocycles. The van der Waals surface area contributed by atoms with Gasteiger partial charge in [0.1, 0.15) is 42.7 Å². The van der Waals surface area contributed by atoms with Crippen molar-refractivity contribution < 1.29 is 90.2 Å². The van der Waals surface area contributed by atoms with Gasteiger partial charge in [0.25, 0.3) is 0 Å². The zero-order valence-corrected chi connectivity index (χ0v) is 52.8. The molecule has 0 spiro atoms. The SMILES string of the molecule is CC[C@H]1OC(=O)[C@H](C)[C@@H](O[C@H]2C[C@@](C)(OC)[C@@H](O)[C@H](C)O2)[C@H](C)[C@@H](O[C@@H]2O[C@H](C)C[C@H](N(C)CCc3cn([C@H](CF)[C@H](OC)c4ccc(C5CCS(=O)(=O)C5)cc4)nn3)[C@H]2O)[C@](C)(OC)C[C@@H](C)/C(=N\OCOCCOC)[C@H](C)[C@@H](O)[C@]1(C)O. The number of hydrogen-bond donors (Lipinski definition) is 4. The van der Waals surface area contributed by atoms with Gasteiger partial charge >= 0.3 is 5.97 Å². The van der Waals surface area contributed by atoms with E-state index in [0.29, 0.717) is 49.4 Å². The van der Waals surface area contributed by atoms with Crippen LogP contribution in [0.3, 0.4) is 0 Å². The molecule has 25 heteroatoms. The predicted molar refractivity (Wildman–Crippen MR) is 307 cm³/mol. The zero-order valence-electron chi connectivity index (χ0n) is 52.0. The lowest BCUT2D eigenvalue weighted by Crippen LogP contribution is -2.61. The van der Waals surface area contributed by atoms with Crippen molar-refractivity contribution in [1.82, 2.24) is 19.9 Å². The Bertz CT molecular complexity index is 2520. The van der Waals surface area contributed by atoms with Crippen LogP contribution in [0.2, 0.25) is 0 Å². The van der Waals surface area contributed by atoms with Crippen molar-refractivity contribution in [2.24, 2.45) is 28.8 Å². The standard InChI is InChI=1S/C59H98FN5O18S/c1-16-46-59(10,70)52(67)36(4)48(62-78-33-77-25-24-73-12)34(2)28-58(9,76-15)54(37(5)50(38(6)55(69)81-46)82-47-29-57(8,75-14)53(68)39(7)80-47)83-56-49(66)44(27-35(3)79-56)64(11)23-21-43-31-65(63-61-43)45(30-60)51(74-13)41-19-17-40(18-20-41)42-22-26-84(71,72)32-42/h17-20,31,34-39,42,44-47,49-54,56,66-68,70H,16,21-30,32-33H2,1-15H3/b62-48+/t34-,35-,36+,37+,38-,39+,42?,44+,45-,46-,47+,49-,50+,51-,52-,53+,54-,56+,57-,58-,59-/m1/s1. The molecule has 0 saturated carbocycles. The predicted octanol–water partition coefficient (Wildman–Crippen LogP) is 4.87. The monoisotopic (exact) mass is 1220 g/mol. The van der Waals surface area contributed by atoms with Crippen LogP contribution in [0.4, 0.5) is 4.39 Å². The third kappa shape index (κ3) is 16.5. The van der Waals surface area contributed by atoms with Crippen LogP contribution in [0.25, 0.3) is 0 Å². The van der Waals surface area contributed by atoms with Crippen molar-refractivity contribution in [3.63, 3.8) is 0 Å². The Morgan fingerprint density at radius 2 is 1.62 bits per heavy atom. The van der Waals surface area contributed by atoms with Gasteiger partial charge in [0.15, 0.2) is 22.4 Å². The second-order valence-electron chi connectivity index (χ2n) is 24.5. The smallest absolute Gasteiger partial charge is 0.311 e. The topological polar surface area (TPSA) is 280 Å². The summed E-state index contributed by atoms with van der Waals surface area (Å²) in [6.45, 7) is 17.3.